The summed E-state index contributed by atoms with van der Waals surface area (Å²) in [6.45, 7) is 8.39. The molecule has 0 saturated carbocycles. The fraction of sp³-hybridized carbons (Fsp3) is 0.625. The Labute approximate surface area is 117 Å². The fourth-order valence-corrected chi connectivity index (χ4v) is 1.79. The van der Waals surface area contributed by atoms with Crippen LogP contribution in [0.5, 0.6) is 11.5 Å². The molecule has 3 heteroatoms. The second kappa shape index (κ2) is 8.05. The maximum atomic E-state index is 5.73. The molecule has 0 bridgehead atoms. The minimum Gasteiger partial charge on any atom is -0.493 e. The van der Waals surface area contributed by atoms with Crippen molar-refractivity contribution in [3.63, 3.8) is 0 Å². The van der Waals surface area contributed by atoms with Crippen LogP contribution in [-0.2, 0) is 0 Å². The molecule has 0 aliphatic rings. The molecule has 19 heavy (non-hydrogen) atoms. The van der Waals surface area contributed by atoms with E-state index in [-0.39, 0.29) is 5.54 Å². The van der Waals surface area contributed by atoms with Crippen molar-refractivity contribution in [1.29, 1.82) is 0 Å². The molecule has 0 aliphatic carbocycles. The van der Waals surface area contributed by atoms with Gasteiger partial charge in [-0.25, -0.2) is 0 Å². The second-order valence-corrected chi connectivity index (χ2v) is 5.74. The van der Waals surface area contributed by atoms with Crippen LogP contribution in [0.3, 0.4) is 0 Å². The van der Waals surface area contributed by atoms with Crippen LogP contribution in [-0.4, -0.2) is 25.8 Å². The van der Waals surface area contributed by atoms with E-state index in [9.17, 15) is 0 Å². The molecule has 0 aliphatic heterocycles. The van der Waals surface area contributed by atoms with Gasteiger partial charge in [0.1, 0.15) is 0 Å². The highest BCUT2D eigenvalue weighted by Crippen LogP contribution is 2.25. The van der Waals surface area contributed by atoms with Gasteiger partial charge in [-0.15, -0.1) is 0 Å². The summed E-state index contributed by atoms with van der Waals surface area (Å²) in [6.07, 6.45) is 3.44. The van der Waals surface area contributed by atoms with Crippen molar-refractivity contribution >= 4 is 0 Å². The van der Waals surface area contributed by atoms with E-state index in [0.717, 1.165) is 31.1 Å². The molecule has 1 aromatic carbocycles. The molecule has 1 N–H and O–H groups in total. The minimum absolute atomic E-state index is 0.216. The van der Waals surface area contributed by atoms with Crippen molar-refractivity contribution in [2.24, 2.45) is 0 Å². The number of unbranched alkanes of at least 4 members (excludes halogenated alkanes) is 2. The van der Waals surface area contributed by atoms with Crippen molar-refractivity contribution in [1.82, 2.24) is 5.32 Å². The number of hydrogen-bond donors (Lipinski definition) is 1. The Bertz CT molecular complexity index is 358. The van der Waals surface area contributed by atoms with Crippen LogP contribution >= 0.6 is 0 Å². The van der Waals surface area contributed by atoms with E-state index in [1.807, 2.05) is 24.3 Å². The van der Waals surface area contributed by atoms with E-state index in [1.165, 1.54) is 12.8 Å². The van der Waals surface area contributed by atoms with E-state index >= 15 is 0 Å². The Hall–Kier alpha value is -1.22. The van der Waals surface area contributed by atoms with Crippen LogP contribution in [0.2, 0.25) is 0 Å². The normalized spacial score (nSPS) is 11.4. The van der Waals surface area contributed by atoms with Gasteiger partial charge < -0.3 is 14.8 Å². The molecule has 0 unspecified atom stereocenters. The Balaban J connectivity index is 2.11. The van der Waals surface area contributed by atoms with Gasteiger partial charge in [0.25, 0.3) is 0 Å². The quantitative estimate of drug-likeness (QED) is 0.728. The zero-order valence-corrected chi connectivity index (χ0v) is 12.7. The highest BCUT2D eigenvalue weighted by Gasteiger charge is 2.07. The third-order valence-electron chi connectivity index (χ3n) is 2.80. The number of para-hydroxylation sites is 2. The monoisotopic (exact) mass is 265 g/mol. The van der Waals surface area contributed by atoms with Gasteiger partial charge in [-0.05, 0) is 58.7 Å². The molecule has 0 heterocycles. The third-order valence-corrected chi connectivity index (χ3v) is 2.80. The number of hydrogen-bond acceptors (Lipinski definition) is 3. The van der Waals surface area contributed by atoms with Crippen molar-refractivity contribution in [3.05, 3.63) is 24.3 Å². The molecule has 108 valence electrons. The SMILES string of the molecule is COc1ccccc1OCCCCCNC(C)(C)C. The summed E-state index contributed by atoms with van der Waals surface area (Å²) in [5.74, 6) is 1.63. The van der Waals surface area contributed by atoms with Crippen LogP contribution < -0.4 is 14.8 Å². The molecule has 0 aromatic heterocycles. The molecule has 1 aromatic rings. The maximum Gasteiger partial charge on any atom is 0.161 e. The number of benzene rings is 1. The number of methoxy groups -OCH3 is 1. The molecule has 0 saturated heterocycles. The Morgan fingerprint density at radius 1 is 1.00 bits per heavy atom. The summed E-state index contributed by atoms with van der Waals surface area (Å²) in [5, 5.41) is 3.49. The molecule has 0 amide bonds. The predicted octanol–water partition coefficient (Wildman–Crippen LogP) is 3.63. The lowest BCUT2D eigenvalue weighted by Crippen LogP contribution is -2.36. The molecule has 0 radical (unpaired) electrons. The van der Waals surface area contributed by atoms with Gasteiger partial charge in [-0.1, -0.05) is 12.1 Å². The number of rotatable bonds is 8. The van der Waals surface area contributed by atoms with Crippen molar-refractivity contribution < 1.29 is 9.47 Å². The highest BCUT2D eigenvalue weighted by atomic mass is 16.5. The van der Waals surface area contributed by atoms with Crippen LogP contribution in [0.25, 0.3) is 0 Å². The van der Waals surface area contributed by atoms with Crippen LogP contribution in [0, 0.1) is 0 Å². The van der Waals surface area contributed by atoms with E-state index in [0.29, 0.717) is 0 Å². The topological polar surface area (TPSA) is 30.5 Å². The third kappa shape index (κ3) is 7.06. The number of ether oxygens (including phenoxy) is 2. The van der Waals surface area contributed by atoms with Crippen LogP contribution in [0.15, 0.2) is 24.3 Å². The van der Waals surface area contributed by atoms with Gasteiger partial charge in [-0.2, -0.15) is 0 Å². The standard InChI is InChI=1S/C16H27NO2/c1-16(2,3)17-12-8-5-9-13-19-15-11-7-6-10-14(15)18-4/h6-7,10-11,17H,5,8-9,12-13H2,1-4H3. The first-order valence-electron chi connectivity index (χ1n) is 7.04. The Morgan fingerprint density at radius 2 is 1.68 bits per heavy atom. The summed E-state index contributed by atoms with van der Waals surface area (Å²) in [7, 11) is 1.67. The second-order valence-electron chi connectivity index (χ2n) is 5.74. The summed E-state index contributed by atoms with van der Waals surface area (Å²) in [5.41, 5.74) is 0.216. The molecule has 1 rings (SSSR count). The average Bonchev–Trinajstić information content (AvgIpc) is 2.37. The lowest BCUT2D eigenvalue weighted by molar-refractivity contribution is 0.284. The van der Waals surface area contributed by atoms with Gasteiger partial charge in [0.05, 0.1) is 13.7 Å². The first-order chi connectivity index (χ1) is 9.03. The summed E-state index contributed by atoms with van der Waals surface area (Å²) in [6, 6.07) is 7.78. The minimum atomic E-state index is 0.216. The van der Waals surface area contributed by atoms with Crippen molar-refractivity contribution in [2.45, 2.75) is 45.6 Å². The van der Waals surface area contributed by atoms with E-state index in [1.54, 1.807) is 7.11 Å². The zero-order chi connectivity index (χ0) is 14.1. The molecule has 0 spiro atoms. The van der Waals surface area contributed by atoms with E-state index in [2.05, 4.69) is 26.1 Å². The van der Waals surface area contributed by atoms with Crippen LogP contribution in [0.1, 0.15) is 40.0 Å². The lowest BCUT2D eigenvalue weighted by atomic mass is 10.1. The van der Waals surface area contributed by atoms with Gasteiger partial charge in [-0.3, -0.25) is 0 Å². The van der Waals surface area contributed by atoms with E-state index in [4.69, 9.17) is 9.47 Å². The maximum absolute atomic E-state index is 5.73. The Kier molecular flexibility index (Phi) is 6.71. The molecule has 0 fully saturated rings. The largest absolute Gasteiger partial charge is 0.493 e. The summed E-state index contributed by atoms with van der Waals surface area (Å²) in [4.78, 5) is 0. The Morgan fingerprint density at radius 3 is 2.32 bits per heavy atom. The molecular weight excluding hydrogens is 238 g/mol. The van der Waals surface area contributed by atoms with Gasteiger partial charge >= 0.3 is 0 Å². The first-order valence-corrected chi connectivity index (χ1v) is 7.04. The van der Waals surface area contributed by atoms with Gasteiger partial charge in [0.15, 0.2) is 11.5 Å². The first kappa shape index (κ1) is 15.8. The smallest absolute Gasteiger partial charge is 0.161 e. The molecular formula is C16H27NO2. The molecule has 3 nitrogen and oxygen atoms in total. The van der Waals surface area contributed by atoms with Crippen molar-refractivity contribution in [3.8, 4) is 11.5 Å². The number of nitrogens with one attached hydrogen (secondary N) is 1. The van der Waals surface area contributed by atoms with Crippen molar-refractivity contribution in [2.75, 3.05) is 20.3 Å². The lowest BCUT2D eigenvalue weighted by Gasteiger charge is -2.20. The van der Waals surface area contributed by atoms with Gasteiger partial charge in [0, 0.05) is 5.54 Å². The predicted molar refractivity (Wildman–Crippen MR) is 80.1 cm³/mol. The van der Waals surface area contributed by atoms with Crippen LogP contribution in [0.4, 0.5) is 0 Å². The highest BCUT2D eigenvalue weighted by molar-refractivity contribution is 5.39. The summed E-state index contributed by atoms with van der Waals surface area (Å²) >= 11 is 0. The van der Waals surface area contributed by atoms with E-state index < -0.39 is 0 Å². The van der Waals surface area contributed by atoms with Gasteiger partial charge in [0.2, 0.25) is 0 Å². The molecule has 0 atom stereocenters. The fourth-order valence-electron chi connectivity index (χ4n) is 1.79. The zero-order valence-electron chi connectivity index (χ0n) is 12.7. The summed E-state index contributed by atoms with van der Waals surface area (Å²) < 4.78 is 11.0. The average molecular weight is 265 g/mol.